The minimum atomic E-state index is 0.144. The average Bonchev–Trinajstić information content (AvgIpc) is 3.03. The monoisotopic (exact) mass is 433 g/mol. The lowest BCUT2D eigenvalue weighted by Crippen LogP contribution is -2.25. The fraction of sp³-hybridized carbons (Fsp3) is 0.381. The molecule has 126 valence electrons. The molecule has 0 spiro atoms. The number of benzene rings is 2. The lowest BCUT2D eigenvalue weighted by atomic mass is 9.87. The molecule has 0 fully saturated rings. The van der Waals surface area contributed by atoms with E-state index < -0.39 is 0 Å². The molecular weight excluding hydrogens is 409 g/mol. The van der Waals surface area contributed by atoms with E-state index in [0.717, 1.165) is 12.3 Å². The zero-order valence-corrected chi connectivity index (χ0v) is 16.7. The summed E-state index contributed by atoms with van der Waals surface area (Å²) < 4.78 is 7.24. The molecule has 0 radical (unpaired) electrons. The van der Waals surface area contributed by atoms with Crippen LogP contribution in [0.4, 0.5) is 0 Å². The van der Waals surface area contributed by atoms with E-state index in [-0.39, 0.29) is 17.4 Å². The highest BCUT2D eigenvalue weighted by molar-refractivity contribution is 14.1. The zero-order valence-electron chi connectivity index (χ0n) is 14.5. The summed E-state index contributed by atoms with van der Waals surface area (Å²) in [7, 11) is 0. The van der Waals surface area contributed by atoms with Crippen molar-refractivity contribution < 1.29 is 4.74 Å². The maximum absolute atomic E-state index is 5.95. The van der Waals surface area contributed by atoms with Crippen molar-refractivity contribution in [1.29, 1.82) is 0 Å². The van der Waals surface area contributed by atoms with Gasteiger partial charge in [-0.25, -0.2) is 4.99 Å². The molecule has 1 heterocycles. The van der Waals surface area contributed by atoms with Gasteiger partial charge in [-0.05, 0) is 45.2 Å². The molecule has 0 saturated heterocycles. The lowest BCUT2D eigenvalue weighted by molar-refractivity contribution is 0.232. The Bertz CT molecular complexity index is 718. The largest absolute Gasteiger partial charge is 0.479 e. The van der Waals surface area contributed by atoms with E-state index in [0.29, 0.717) is 6.61 Å². The predicted octanol–water partition coefficient (Wildman–Crippen LogP) is 5.66. The maximum atomic E-state index is 5.95. The van der Waals surface area contributed by atoms with E-state index in [1.807, 2.05) is 0 Å². The minimum absolute atomic E-state index is 0.144. The van der Waals surface area contributed by atoms with Gasteiger partial charge in [-0.2, -0.15) is 0 Å². The van der Waals surface area contributed by atoms with Gasteiger partial charge in [-0.15, -0.1) is 0 Å². The van der Waals surface area contributed by atoms with Crippen LogP contribution in [-0.2, 0) is 4.74 Å². The van der Waals surface area contributed by atoms with Crippen LogP contribution in [-0.4, -0.2) is 18.5 Å². The Labute approximate surface area is 158 Å². The fourth-order valence-electron chi connectivity index (χ4n) is 3.00. The van der Waals surface area contributed by atoms with Gasteiger partial charge in [0, 0.05) is 15.9 Å². The van der Waals surface area contributed by atoms with Crippen molar-refractivity contribution in [3.63, 3.8) is 0 Å². The molecular formula is C21H24INO. The molecule has 24 heavy (non-hydrogen) atoms. The van der Waals surface area contributed by atoms with Gasteiger partial charge in [0.05, 0.1) is 6.04 Å². The summed E-state index contributed by atoms with van der Waals surface area (Å²) in [5.41, 5.74) is 2.80. The zero-order chi connectivity index (χ0) is 17.2. The van der Waals surface area contributed by atoms with Gasteiger partial charge in [0.25, 0.3) is 0 Å². The second-order valence-corrected chi connectivity index (χ2v) is 8.57. The van der Waals surface area contributed by atoms with Crippen molar-refractivity contribution in [2.24, 2.45) is 10.4 Å². The van der Waals surface area contributed by atoms with Crippen LogP contribution in [0.3, 0.4) is 0 Å². The molecule has 3 heteroatoms. The third-order valence-corrected chi connectivity index (χ3v) is 5.55. The van der Waals surface area contributed by atoms with E-state index in [1.54, 1.807) is 0 Å². The molecule has 1 aliphatic rings. The number of aliphatic imine (C=N–C) groups is 1. The van der Waals surface area contributed by atoms with Gasteiger partial charge in [0.1, 0.15) is 6.61 Å². The van der Waals surface area contributed by atoms with Gasteiger partial charge in [0.2, 0.25) is 0 Å². The normalized spacial score (nSPS) is 18.8. The molecule has 3 rings (SSSR count). The molecule has 0 N–H and O–H groups in total. The van der Waals surface area contributed by atoms with Crippen LogP contribution in [0.25, 0.3) is 0 Å². The number of ether oxygens (including phenoxy) is 1. The second-order valence-electron chi connectivity index (χ2n) is 7.40. The first-order valence-electron chi connectivity index (χ1n) is 8.44. The molecule has 2 atom stereocenters. The number of hydrogen-bond donors (Lipinski definition) is 0. The first-order chi connectivity index (χ1) is 11.4. The van der Waals surface area contributed by atoms with Gasteiger partial charge < -0.3 is 4.74 Å². The van der Waals surface area contributed by atoms with Crippen LogP contribution in [0.1, 0.15) is 44.2 Å². The van der Waals surface area contributed by atoms with E-state index in [9.17, 15) is 0 Å². The van der Waals surface area contributed by atoms with E-state index in [4.69, 9.17) is 9.73 Å². The Morgan fingerprint density at radius 3 is 2.38 bits per heavy atom. The Balaban J connectivity index is 1.91. The summed E-state index contributed by atoms with van der Waals surface area (Å²) in [5, 5.41) is 0. The SMILES string of the molecule is CC(C)(C)[C@@H]1COC(CC(c2ccccc2)c2ccccc2I)=N1. The highest BCUT2D eigenvalue weighted by Gasteiger charge is 2.31. The lowest BCUT2D eigenvalue weighted by Gasteiger charge is -2.22. The van der Waals surface area contributed by atoms with Crippen molar-refractivity contribution in [2.75, 3.05) is 6.61 Å². The summed E-state index contributed by atoms with van der Waals surface area (Å²) >= 11 is 2.43. The molecule has 1 aliphatic heterocycles. The quantitative estimate of drug-likeness (QED) is 0.571. The van der Waals surface area contributed by atoms with Crippen molar-refractivity contribution in [1.82, 2.24) is 0 Å². The van der Waals surface area contributed by atoms with Crippen molar-refractivity contribution in [2.45, 2.75) is 39.2 Å². The Kier molecular flexibility index (Phi) is 5.28. The van der Waals surface area contributed by atoms with Crippen molar-refractivity contribution >= 4 is 28.5 Å². The summed E-state index contributed by atoms with van der Waals surface area (Å²) in [6, 6.07) is 19.5. The summed E-state index contributed by atoms with van der Waals surface area (Å²) in [5.74, 6) is 1.17. The molecule has 0 aromatic heterocycles. The van der Waals surface area contributed by atoms with Crippen LogP contribution >= 0.6 is 22.6 Å². The van der Waals surface area contributed by atoms with Crippen molar-refractivity contribution in [3.05, 3.63) is 69.3 Å². The average molecular weight is 433 g/mol. The highest BCUT2D eigenvalue weighted by atomic mass is 127. The summed E-state index contributed by atoms with van der Waals surface area (Å²) in [6.07, 6.45) is 0.816. The van der Waals surface area contributed by atoms with Crippen LogP contribution in [0.15, 0.2) is 59.6 Å². The maximum Gasteiger partial charge on any atom is 0.184 e. The Morgan fingerprint density at radius 2 is 1.75 bits per heavy atom. The molecule has 0 bridgehead atoms. The molecule has 1 unspecified atom stereocenters. The van der Waals surface area contributed by atoms with Gasteiger partial charge in [-0.1, -0.05) is 69.3 Å². The summed E-state index contributed by atoms with van der Waals surface area (Å²) in [6.45, 7) is 7.37. The van der Waals surface area contributed by atoms with Crippen LogP contribution in [0.2, 0.25) is 0 Å². The fourth-order valence-corrected chi connectivity index (χ4v) is 3.77. The second kappa shape index (κ2) is 7.26. The smallest absolute Gasteiger partial charge is 0.184 e. The molecule has 2 nitrogen and oxygen atoms in total. The van der Waals surface area contributed by atoms with Crippen molar-refractivity contribution in [3.8, 4) is 0 Å². The first kappa shape index (κ1) is 17.5. The molecule has 0 aliphatic carbocycles. The minimum Gasteiger partial charge on any atom is -0.479 e. The third-order valence-electron chi connectivity index (χ3n) is 4.57. The number of hydrogen-bond acceptors (Lipinski definition) is 2. The molecule has 0 amide bonds. The molecule has 2 aromatic carbocycles. The highest BCUT2D eigenvalue weighted by Crippen LogP contribution is 2.34. The van der Waals surface area contributed by atoms with E-state index in [1.165, 1.54) is 14.7 Å². The van der Waals surface area contributed by atoms with Gasteiger partial charge >= 0.3 is 0 Å². The standard InChI is InChI=1S/C21H24INO/c1-21(2,3)19-14-24-20(23-19)13-17(15-9-5-4-6-10-15)16-11-7-8-12-18(16)22/h4-12,17,19H,13-14H2,1-3H3/t17?,19-/m0/s1. The number of rotatable bonds is 4. The Hall–Kier alpha value is -1.36. The van der Waals surface area contributed by atoms with Crippen LogP contribution in [0, 0.1) is 8.99 Å². The summed E-state index contributed by atoms with van der Waals surface area (Å²) in [4.78, 5) is 4.87. The predicted molar refractivity (Wildman–Crippen MR) is 109 cm³/mol. The topological polar surface area (TPSA) is 21.6 Å². The van der Waals surface area contributed by atoms with E-state index >= 15 is 0 Å². The number of halogens is 1. The van der Waals surface area contributed by atoms with Gasteiger partial charge in [0.15, 0.2) is 5.90 Å². The van der Waals surface area contributed by atoms with Gasteiger partial charge in [-0.3, -0.25) is 0 Å². The van der Waals surface area contributed by atoms with E-state index in [2.05, 4.69) is 98.0 Å². The Morgan fingerprint density at radius 1 is 1.08 bits per heavy atom. The third kappa shape index (κ3) is 4.00. The van der Waals surface area contributed by atoms with Crippen LogP contribution < -0.4 is 0 Å². The molecule has 0 saturated carbocycles. The van der Waals surface area contributed by atoms with Crippen LogP contribution in [0.5, 0.6) is 0 Å². The number of nitrogens with zero attached hydrogens (tertiary/aromatic N) is 1. The molecule has 2 aromatic rings. The first-order valence-corrected chi connectivity index (χ1v) is 9.52.